The third-order valence-corrected chi connectivity index (χ3v) is 2.84. The number of hydrogen-bond acceptors (Lipinski definition) is 3. The van der Waals surface area contributed by atoms with Gasteiger partial charge in [-0.25, -0.2) is 4.99 Å². The van der Waals surface area contributed by atoms with Crippen LogP contribution in [0.25, 0.3) is 0 Å². The number of benzene rings is 2. The van der Waals surface area contributed by atoms with Crippen molar-refractivity contribution in [1.82, 2.24) is 0 Å². The van der Waals surface area contributed by atoms with Gasteiger partial charge in [-0.2, -0.15) is 0 Å². The first kappa shape index (κ1) is 15.0. The fourth-order valence-corrected chi connectivity index (χ4v) is 1.77. The number of carbonyl (C=O) groups excluding carboxylic acids is 1. The van der Waals surface area contributed by atoms with Gasteiger partial charge in [0.25, 0.3) is 5.91 Å². The average Bonchev–Trinajstić information content (AvgIpc) is 2.48. The molecule has 0 fully saturated rings. The molecule has 7 heteroatoms. The monoisotopic (exact) mass is 296 g/mol. The molecule has 0 heterocycles. The third-order valence-electron chi connectivity index (χ3n) is 2.84. The van der Waals surface area contributed by atoms with Crippen LogP contribution in [0.5, 0.6) is 0 Å². The van der Waals surface area contributed by atoms with Gasteiger partial charge in [-0.15, -0.1) is 0 Å². The number of nitrogens with two attached hydrogens (primary N) is 3. The van der Waals surface area contributed by atoms with E-state index in [4.69, 9.17) is 22.6 Å². The Morgan fingerprint density at radius 3 is 1.95 bits per heavy atom. The lowest BCUT2D eigenvalue weighted by Gasteiger charge is -2.06. The summed E-state index contributed by atoms with van der Waals surface area (Å²) < 4.78 is 0. The van der Waals surface area contributed by atoms with Gasteiger partial charge in [-0.1, -0.05) is 0 Å². The number of nitrogens with one attached hydrogen (secondary N) is 2. The highest BCUT2D eigenvalue weighted by Crippen LogP contribution is 2.15. The fraction of sp³-hybridized carbons (Fsp3) is 0. The molecule has 0 aliphatic heterocycles. The van der Waals surface area contributed by atoms with Crippen molar-refractivity contribution in [3.05, 3.63) is 59.7 Å². The van der Waals surface area contributed by atoms with Gasteiger partial charge in [0.2, 0.25) is 0 Å². The Labute approximate surface area is 127 Å². The summed E-state index contributed by atoms with van der Waals surface area (Å²) in [5, 5.41) is 10.1. The van der Waals surface area contributed by atoms with Crippen molar-refractivity contribution < 1.29 is 4.79 Å². The van der Waals surface area contributed by atoms with Crippen LogP contribution in [0.4, 0.5) is 11.4 Å². The predicted molar refractivity (Wildman–Crippen MR) is 87.3 cm³/mol. The number of amides is 1. The molecule has 0 spiro atoms. The highest BCUT2D eigenvalue weighted by Gasteiger charge is 2.06. The molecule has 0 atom stereocenters. The summed E-state index contributed by atoms with van der Waals surface area (Å²) in [6, 6.07) is 13.2. The second-order valence-electron chi connectivity index (χ2n) is 4.53. The van der Waals surface area contributed by atoms with Crippen LogP contribution >= 0.6 is 0 Å². The van der Waals surface area contributed by atoms with E-state index in [0.717, 1.165) is 0 Å². The number of nitrogens with zero attached hydrogens (tertiary/aromatic N) is 1. The second-order valence-corrected chi connectivity index (χ2v) is 4.53. The van der Waals surface area contributed by atoms with Crippen molar-refractivity contribution in [1.29, 1.82) is 5.41 Å². The van der Waals surface area contributed by atoms with Gasteiger partial charge >= 0.3 is 0 Å². The van der Waals surface area contributed by atoms with Crippen molar-refractivity contribution >= 4 is 29.1 Å². The lowest BCUT2D eigenvalue weighted by atomic mass is 10.1. The van der Waals surface area contributed by atoms with Gasteiger partial charge in [0.1, 0.15) is 5.84 Å². The summed E-state index contributed by atoms with van der Waals surface area (Å²) in [4.78, 5) is 16.0. The molecule has 0 saturated heterocycles. The minimum Gasteiger partial charge on any atom is -0.384 e. The molecular weight excluding hydrogens is 280 g/mol. The van der Waals surface area contributed by atoms with Gasteiger partial charge in [-0.05, 0) is 48.5 Å². The molecule has 0 saturated carbocycles. The maximum absolute atomic E-state index is 12.1. The van der Waals surface area contributed by atoms with E-state index in [2.05, 4.69) is 10.3 Å². The zero-order valence-electron chi connectivity index (χ0n) is 11.7. The normalized spacial score (nSPS) is 9.82. The molecule has 0 aromatic heterocycles. The number of carbonyl (C=O) groups is 1. The highest BCUT2D eigenvalue weighted by atomic mass is 16.1. The maximum atomic E-state index is 12.1. The van der Waals surface area contributed by atoms with Gasteiger partial charge in [0.15, 0.2) is 5.96 Å². The molecule has 2 aromatic carbocycles. The molecule has 0 bridgehead atoms. The Kier molecular flexibility index (Phi) is 4.38. The van der Waals surface area contributed by atoms with E-state index < -0.39 is 0 Å². The van der Waals surface area contributed by atoms with Gasteiger partial charge < -0.3 is 22.5 Å². The largest absolute Gasteiger partial charge is 0.384 e. The number of amidine groups is 1. The Morgan fingerprint density at radius 2 is 1.45 bits per heavy atom. The molecule has 0 radical (unpaired) electrons. The molecule has 8 N–H and O–H groups in total. The zero-order valence-corrected chi connectivity index (χ0v) is 11.7. The van der Waals surface area contributed by atoms with E-state index in [1.165, 1.54) is 0 Å². The SMILES string of the molecule is N=C(N)c1ccc(NC(=O)c2ccc(N=C(N)N)cc2)cc1. The van der Waals surface area contributed by atoms with Crippen molar-refractivity contribution in [2.45, 2.75) is 0 Å². The quantitative estimate of drug-likeness (QED) is 0.425. The Morgan fingerprint density at radius 1 is 0.909 bits per heavy atom. The first-order valence-electron chi connectivity index (χ1n) is 6.41. The topological polar surface area (TPSA) is 143 Å². The van der Waals surface area contributed by atoms with E-state index in [1.807, 2.05) is 0 Å². The average molecular weight is 296 g/mol. The van der Waals surface area contributed by atoms with Gasteiger partial charge in [0.05, 0.1) is 5.69 Å². The van der Waals surface area contributed by atoms with Crippen LogP contribution in [-0.4, -0.2) is 17.7 Å². The molecule has 2 aromatic rings. The standard InChI is InChI=1S/C15H16N6O/c16-13(17)9-1-5-11(6-2-9)20-14(22)10-3-7-12(8-4-10)21-15(18)19/h1-8H,(H3,16,17)(H,20,22)(H4,18,19,21). The Balaban J connectivity index is 2.08. The van der Waals surface area contributed by atoms with Crippen LogP contribution in [0, 0.1) is 5.41 Å². The second kappa shape index (κ2) is 6.40. The summed E-state index contributed by atoms with van der Waals surface area (Å²) in [6.45, 7) is 0. The van der Waals surface area contributed by atoms with Crippen molar-refractivity contribution in [3.63, 3.8) is 0 Å². The number of guanidine groups is 1. The first-order valence-corrected chi connectivity index (χ1v) is 6.41. The number of nitrogen functional groups attached to an aromatic ring is 1. The third kappa shape index (κ3) is 3.83. The van der Waals surface area contributed by atoms with Crippen LogP contribution in [0.3, 0.4) is 0 Å². The molecule has 1 amide bonds. The number of anilines is 1. The Bertz CT molecular complexity index is 715. The van der Waals surface area contributed by atoms with Crippen LogP contribution in [0.2, 0.25) is 0 Å². The molecule has 0 aliphatic rings. The van der Waals surface area contributed by atoms with E-state index in [0.29, 0.717) is 22.5 Å². The molecule has 7 nitrogen and oxygen atoms in total. The van der Waals surface area contributed by atoms with Crippen LogP contribution in [-0.2, 0) is 0 Å². The molecule has 22 heavy (non-hydrogen) atoms. The number of rotatable bonds is 4. The fourth-order valence-electron chi connectivity index (χ4n) is 1.77. The van der Waals surface area contributed by atoms with Crippen molar-refractivity contribution in [3.8, 4) is 0 Å². The van der Waals surface area contributed by atoms with Crippen molar-refractivity contribution in [2.75, 3.05) is 5.32 Å². The lowest BCUT2D eigenvalue weighted by Crippen LogP contribution is -2.21. The Hall–Kier alpha value is -3.35. The van der Waals surface area contributed by atoms with E-state index >= 15 is 0 Å². The highest BCUT2D eigenvalue weighted by molar-refractivity contribution is 6.04. The smallest absolute Gasteiger partial charge is 0.255 e. The van der Waals surface area contributed by atoms with Gasteiger partial charge in [-0.3, -0.25) is 10.2 Å². The molecule has 0 unspecified atom stereocenters. The van der Waals surface area contributed by atoms with Crippen molar-refractivity contribution in [2.24, 2.45) is 22.2 Å². The summed E-state index contributed by atoms with van der Waals surface area (Å²) in [6.07, 6.45) is 0. The minimum atomic E-state index is -0.258. The number of hydrogen-bond donors (Lipinski definition) is 5. The lowest BCUT2D eigenvalue weighted by molar-refractivity contribution is 0.102. The molecule has 2 rings (SSSR count). The van der Waals surface area contributed by atoms with E-state index in [1.54, 1.807) is 48.5 Å². The van der Waals surface area contributed by atoms with E-state index in [-0.39, 0.29) is 17.7 Å². The number of aliphatic imine (C=N–C) groups is 1. The summed E-state index contributed by atoms with van der Waals surface area (Å²) in [5.74, 6) is -0.317. The first-order chi connectivity index (χ1) is 10.5. The molecular formula is C15H16N6O. The zero-order chi connectivity index (χ0) is 16.1. The summed E-state index contributed by atoms with van der Waals surface area (Å²) in [5.41, 5.74) is 18.2. The van der Waals surface area contributed by atoms with Gasteiger partial charge in [0, 0.05) is 16.8 Å². The minimum absolute atomic E-state index is 0.0202. The van der Waals surface area contributed by atoms with Crippen LogP contribution < -0.4 is 22.5 Å². The molecule has 112 valence electrons. The maximum Gasteiger partial charge on any atom is 0.255 e. The predicted octanol–water partition coefficient (Wildman–Crippen LogP) is 1.13. The summed E-state index contributed by atoms with van der Waals surface area (Å²) >= 11 is 0. The van der Waals surface area contributed by atoms with E-state index in [9.17, 15) is 4.79 Å². The van der Waals surface area contributed by atoms with Crippen LogP contribution in [0.15, 0.2) is 53.5 Å². The van der Waals surface area contributed by atoms with Crippen LogP contribution in [0.1, 0.15) is 15.9 Å². The molecule has 0 aliphatic carbocycles. The summed E-state index contributed by atoms with van der Waals surface area (Å²) in [7, 11) is 0.